The van der Waals surface area contributed by atoms with E-state index >= 15 is 0 Å². The molecule has 0 spiro atoms. The fourth-order valence-electron chi connectivity index (χ4n) is 6.06. The number of fused-ring (bicyclic) bond motifs is 2. The van der Waals surface area contributed by atoms with Crippen molar-refractivity contribution in [3.8, 4) is 0 Å². The number of aromatic amines is 1. The standard InChI is InChI=1S/C25H32N4O4/c30-14-18(11-16-7-4-10-26-23(16)31)27-24(32)22-19-8-3-6-17(19)13-29(22)25(33)21-12-15-5-1-2-9-20(15)28-21/h1-2,5,9,12,16-19,22,28,30H,3-4,6-8,10-11,13-14H2,(H,26,31)(H,27,32)/t16-,17?,18-,19?,22?/m0/s1. The highest BCUT2D eigenvalue weighted by molar-refractivity contribution is 6.00. The minimum Gasteiger partial charge on any atom is -0.394 e. The molecule has 5 rings (SSSR count). The molecule has 3 aliphatic rings. The Morgan fingerprint density at radius 1 is 1.18 bits per heavy atom. The third-order valence-corrected chi connectivity index (χ3v) is 7.72. The van der Waals surface area contributed by atoms with Crippen LogP contribution in [0.4, 0.5) is 0 Å². The van der Waals surface area contributed by atoms with Crippen molar-refractivity contribution in [3.63, 3.8) is 0 Å². The zero-order valence-electron chi connectivity index (χ0n) is 18.8. The van der Waals surface area contributed by atoms with Crippen molar-refractivity contribution in [2.24, 2.45) is 17.8 Å². The number of aliphatic hydroxyl groups excluding tert-OH is 1. The fraction of sp³-hybridized carbons (Fsp3) is 0.560. The van der Waals surface area contributed by atoms with Crippen LogP contribution in [0.15, 0.2) is 30.3 Å². The molecule has 3 amide bonds. The molecular formula is C25H32N4O4. The molecule has 1 aromatic carbocycles. The average Bonchev–Trinajstić information content (AvgIpc) is 3.53. The van der Waals surface area contributed by atoms with Crippen LogP contribution < -0.4 is 10.6 Å². The van der Waals surface area contributed by atoms with Gasteiger partial charge in [0, 0.05) is 29.9 Å². The van der Waals surface area contributed by atoms with Crippen LogP contribution in [-0.2, 0) is 9.59 Å². The van der Waals surface area contributed by atoms with Gasteiger partial charge in [0.05, 0.1) is 12.6 Å². The largest absolute Gasteiger partial charge is 0.394 e. The summed E-state index contributed by atoms with van der Waals surface area (Å²) in [4.78, 5) is 44.0. The van der Waals surface area contributed by atoms with Crippen molar-refractivity contribution in [2.75, 3.05) is 19.7 Å². The maximum atomic E-state index is 13.5. The van der Waals surface area contributed by atoms with Crippen LogP contribution in [0.5, 0.6) is 0 Å². The SMILES string of the molecule is O=C(N[C@H](CO)C[C@@H]1CCCNC1=O)C1C2CCCC2CN1C(=O)c1cc2ccccc2[nH]1. The van der Waals surface area contributed by atoms with Crippen molar-refractivity contribution < 1.29 is 19.5 Å². The third kappa shape index (κ3) is 4.24. The number of H-pyrrole nitrogens is 1. The monoisotopic (exact) mass is 452 g/mol. The van der Waals surface area contributed by atoms with Gasteiger partial charge in [-0.2, -0.15) is 0 Å². The summed E-state index contributed by atoms with van der Waals surface area (Å²) in [6, 6.07) is 8.54. The zero-order chi connectivity index (χ0) is 22.9. The summed E-state index contributed by atoms with van der Waals surface area (Å²) in [5, 5.41) is 16.7. The number of carbonyl (C=O) groups is 3. The second-order valence-electron chi connectivity index (χ2n) is 9.78. The number of hydrogen-bond acceptors (Lipinski definition) is 4. The first kappa shape index (κ1) is 21.9. The molecule has 2 saturated heterocycles. The Hall–Kier alpha value is -2.87. The lowest BCUT2D eigenvalue weighted by Gasteiger charge is -2.30. The first-order valence-electron chi connectivity index (χ1n) is 12.1. The van der Waals surface area contributed by atoms with E-state index in [1.54, 1.807) is 4.90 Å². The summed E-state index contributed by atoms with van der Waals surface area (Å²) >= 11 is 0. The van der Waals surface area contributed by atoms with Crippen molar-refractivity contribution in [1.82, 2.24) is 20.5 Å². The van der Waals surface area contributed by atoms with Gasteiger partial charge in [-0.25, -0.2) is 0 Å². The summed E-state index contributed by atoms with van der Waals surface area (Å²) in [5.41, 5.74) is 1.39. The van der Waals surface area contributed by atoms with Gasteiger partial charge < -0.3 is 25.6 Å². The molecular weight excluding hydrogens is 420 g/mol. The van der Waals surface area contributed by atoms with Crippen LogP contribution in [0.1, 0.15) is 49.0 Å². The minimum atomic E-state index is -0.550. The number of piperidine rings is 1. The Balaban J connectivity index is 1.33. The number of aliphatic hydroxyl groups is 1. The number of nitrogens with zero attached hydrogens (tertiary/aromatic N) is 1. The number of rotatable bonds is 6. The predicted molar refractivity (Wildman–Crippen MR) is 123 cm³/mol. The number of nitrogens with one attached hydrogen (secondary N) is 3. The van der Waals surface area contributed by atoms with E-state index in [0.717, 1.165) is 43.0 Å². The first-order chi connectivity index (χ1) is 16.0. The first-order valence-corrected chi connectivity index (χ1v) is 12.1. The highest BCUT2D eigenvalue weighted by atomic mass is 16.3. The average molecular weight is 453 g/mol. The number of benzene rings is 1. The molecule has 3 heterocycles. The normalized spacial score (nSPS) is 27.9. The Morgan fingerprint density at radius 3 is 2.82 bits per heavy atom. The van der Waals surface area contributed by atoms with Crippen LogP contribution in [0, 0.1) is 17.8 Å². The zero-order valence-corrected chi connectivity index (χ0v) is 18.8. The summed E-state index contributed by atoms with van der Waals surface area (Å²) < 4.78 is 0. The van der Waals surface area contributed by atoms with Gasteiger partial charge in [0.2, 0.25) is 11.8 Å². The molecule has 3 fully saturated rings. The Bertz CT molecular complexity index is 1020. The molecule has 0 bridgehead atoms. The molecule has 5 atom stereocenters. The van der Waals surface area contributed by atoms with Gasteiger partial charge in [-0.1, -0.05) is 24.6 Å². The maximum absolute atomic E-state index is 13.5. The van der Waals surface area contributed by atoms with Gasteiger partial charge in [-0.3, -0.25) is 14.4 Å². The van der Waals surface area contributed by atoms with Gasteiger partial charge in [-0.15, -0.1) is 0 Å². The van der Waals surface area contributed by atoms with Crippen molar-refractivity contribution in [1.29, 1.82) is 0 Å². The number of carbonyl (C=O) groups excluding carboxylic acids is 3. The highest BCUT2D eigenvalue weighted by Crippen LogP contribution is 2.43. The van der Waals surface area contributed by atoms with E-state index < -0.39 is 12.1 Å². The van der Waals surface area contributed by atoms with Crippen LogP contribution in [0.2, 0.25) is 0 Å². The summed E-state index contributed by atoms with van der Waals surface area (Å²) in [6.45, 7) is 1.03. The van der Waals surface area contributed by atoms with E-state index in [1.807, 2.05) is 30.3 Å². The smallest absolute Gasteiger partial charge is 0.271 e. The summed E-state index contributed by atoms with van der Waals surface area (Å²) in [5.74, 6) is -0.136. The predicted octanol–water partition coefficient (Wildman–Crippen LogP) is 1.80. The van der Waals surface area contributed by atoms with Crippen molar-refractivity contribution >= 4 is 28.6 Å². The molecule has 2 aromatic rings. The molecule has 8 heteroatoms. The lowest BCUT2D eigenvalue weighted by atomic mass is 9.90. The van der Waals surface area contributed by atoms with E-state index in [4.69, 9.17) is 0 Å². The number of para-hydroxylation sites is 1. The Labute approximate surface area is 193 Å². The molecule has 4 N–H and O–H groups in total. The van der Waals surface area contributed by atoms with Crippen molar-refractivity contribution in [2.45, 2.75) is 50.6 Å². The topological polar surface area (TPSA) is 115 Å². The van der Waals surface area contributed by atoms with E-state index in [0.29, 0.717) is 31.1 Å². The van der Waals surface area contributed by atoms with Gasteiger partial charge in [0.1, 0.15) is 11.7 Å². The van der Waals surface area contributed by atoms with Crippen LogP contribution >= 0.6 is 0 Å². The van der Waals surface area contributed by atoms with Gasteiger partial charge in [0.15, 0.2) is 0 Å². The van der Waals surface area contributed by atoms with Gasteiger partial charge >= 0.3 is 0 Å². The quantitative estimate of drug-likeness (QED) is 0.535. The molecule has 1 aromatic heterocycles. The molecule has 1 aliphatic carbocycles. The van der Waals surface area contributed by atoms with Crippen LogP contribution in [-0.4, -0.2) is 64.5 Å². The molecule has 0 radical (unpaired) electrons. The second-order valence-corrected chi connectivity index (χ2v) is 9.78. The molecule has 1 saturated carbocycles. The van der Waals surface area contributed by atoms with Crippen molar-refractivity contribution in [3.05, 3.63) is 36.0 Å². The van der Waals surface area contributed by atoms with E-state index in [-0.39, 0.29) is 36.2 Å². The highest BCUT2D eigenvalue weighted by Gasteiger charge is 2.50. The van der Waals surface area contributed by atoms with E-state index in [1.165, 1.54) is 0 Å². The van der Waals surface area contributed by atoms with E-state index in [2.05, 4.69) is 15.6 Å². The molecule has 176 valence electrons. The summed E-state index contributed by atoms with van der Waals surface area (Å²) in [7, 11) is 0. The lowest BCUT2D eigenvalue weighted by molar-refractivity contribution is -0.130. The molecule has 2 aliphatic heterocycles. The second kappa shape index (κ2) is 9.17. The Morgan fingerprint density at radius 2 is 2.03 bits per heavy atom. The number of hydrogen-bond donors (Lipinski definition) is 4. The van der Waals surface area contributed by atoms with Gasteiger partial charge in [0.25, 0.3) is 5.91 Å². The minimum absolute atomic E-state index is 0.0127. The third-order valence-electron chi connectivity index (χ3n) is 7.72. The summed E-state index contributed by atoms with van der Waals surface area (Å²) in [6.07, 6.45) is 5.09. The number of amides is 3. The van der Waals surface area contributed by atoms with Crippen LogP contribution in [0.3, 0.4) is 0 Å². The molecule has 8 nitrogen and oxygen atoms in total. The lowest BCUT2D eigenvalue weighted by Crippen LogP contribution is -2.52. The molecule has 3 unspecified atom stereocenters. The fourth-order valence-corrected chi connectivity index (χ4v) is 6.06. The van der Waals surface area contributed by atoms with Gasteiger partial charge in [-0.05, 0) is 56.1 Å². The van der Waals surface area contributed by atoms with E-state index in [9.17, 15) is 19.5 Å². The molecule has 33 heavy (non-hydrogen) atoms. The Kier molecular flexibility index (Phi) is 6.10. The van der Waals surface area contributed by atoms with Crippen LogP contribution in [0.25, 0.3) is 10.9 Å². The number of likely N-dealkylation sites (tertiary alicyclic amines) is 1. The maximum Gasteiger partial charge on any atom is 0.271 e. The number of aromatic nitrogens is 1.